The van der Waals surface area contributed by atoms with Crippen molar-refractivity contribution in [3.63, 3.8) is 0 Å². The highest BCUT2D eigenvalue weighted by Crippen LogP contribution is 2.30. The van der Waals surface area contributed by atoms with Crippen LogP contribution in [0.25, 0.3) is 0 Å². The summed E-state index contributed by atoms with van der Waals surface area (Å²) >= 11 is 6.24. The lowest BCUT2D eigenvalue weighted by molar-refractivity contribution is 0.470. The Hall–Kier alpha value is -0.900. The molecule has 0 amide bonds. The zero-order valence-electron chi connectivity index (χ0n) is 10.8. The summed E-state index contributed by atoms with van der Waals surface area (Å²) in [6, 6.07) is 5.13. The number of hydrogen-bond donors (Lipinski definition) is 2. The molecule has 114 valence electrons. The first-order chi connectivity index (χ1) is 9.83. The molecule has 0 radical (unpaired) electrons. The van der Waals surface area contributed by atoms with Crippen LogP contribution in [0.15, 0.2) is 42.7 Å². The van der Waals surface area contributed by atoms with Crippen LogP contribution in [-0.4, -0.2) is 15.5 Å². The predicted octanol–water partition coefficient (Wildman–Crippen LogP) is 3.46. The highest BCUT2D eigenvalue weighted by atomic mass is 79.9. The monoisotopic (exact) mass is 440 g/mol. The highest BCUT2D eigenvalue weighted by Gasteiger charge is 2.23. The Morgan fingerprint density at radius 2 is 2.00 bits per heavy atom. The van der Waals surface area contributed by atoms with E-state index < -0.39 is 15.8 Å². The van der Waals surface area contributed by atoms with Crippen molar-refractivity contribution in [2.45, 2.75) is 11.4 Å². The van der Waals surface area contributed by atoms with E-state index in [1.807, 2.05) is 0 Å². The summed E-state index contributed by atoms with van der Waals surface area (Å²) in [5.74, 6) is -0.0823. The van der Waals surface area contributed by atoms with Gasteiger partial charge in [-0.3, -0.25) is 4.72 Å². The topological polar surface area (TPSA) is 71.3 Å². The molecule has 1 aromatic heterocycles. The molecule has 5 nitrogen and oxygen atoms in total. The van der Waals surface area contributed by atoms with Gasteiger partial charge in [-0.25, -0.2) is 12.8 Å². The Balaban J connectivity index is 2.36. The van der Waals surface area contributed by atoms with Crippen molar-refractivity contribution >= 4 is 47.6 Å². The van der Waals surface area contributed by atoms with E-state index >= 15 is 0 Å². The first-order valence-corrected chi connectivity index (χ1v) is 8.81. The molecule has 2 rings (SSSR count). The molecule has 0 unspecified atom stereocenters. The van der Waals surface area contributed by atoms with Crippen LogP contribution in [0.1, 0.15) is 5.76 Å². The lowest BCUT2D eigenvalue weighted by atomic mass is 10.3. The second-order valence-electron chi connectivity index (χ2n) is 4.11. The van der Waals surface area contributed by atoms with Crippen molar-refractivity contribution in [2.75, 3.05) is 11.8 Å². The van der Waals surface area contributed by atoms with Crippen LogP contribution in [0.2, 0.25) is 0 Å². The van der Waals surface area contributed by atoms with Crippen LogP contribution in [0.3, 0.4) is 0 Å². The van der Waals surface area contributed by atoms with Crippen molar-refractivity contribution in [3.05, 3.63) is 45.0 Å². The molecule has 9 heteroatoms. The van der Waals surface area contributed by atoms with Gasteiger partial charge in [0, 0.05) is 10.5 Å². The minimum Gasteiger partial charge on any atom is -0.451 e. The predicted molar refractivity (Wildman–Crippen MR) is 84.1 cm³/mol. The number of sulfonamides is 1. The van der Waals surface area contributed by atoms with Crippen molar-refractivity contribution in [1.29, 1.82) is 0 Å². The second-order valence-corrected chi connectivity index (χ2v) is 7.34. The minimum atomic E-state index is -3.90. The molecule has 0 atom stereocenters. The number of nitrogens with one attached hydrogen (secondary N) is 2. The number of hydrogen-bond acceptors (Lipinski definition) is 4. The van der Waals surface area contributed by atoms with Gasteiger partial charge >= 0.3 is 0 Å². The quantitative estimate of drug-likeness (QED) is 0.745. The molecule has 0 saturated heterocycles. The summed E-state index contributed by atoms with van der Waals surface area (Å²) in [4.78, 5) is -0.0519. The van der Waals surface area contributed by atoms with Crippen LogP contribution in [0, 0.1) is 5.82 Å². The van der Waals surface area contributed by atoms with Gasteiger partial charge in [0.15, 0.2) is 4.67 Å². The summed E-state index contributed by atoms with van der Waals surface area (Å²) in [5.41, 5.74) is 0.110. The van der Waals surface area contributed by atoms with Gasteiger partial charge < -0.3 is 9.73 Å². The third-order valence-electron chi connectivity index (χ3n) is 2.52. The Bertz CT molecular complexity index is 762. The summed E-state index contributed by atoms with van der Waals surface area (Å²) in [5, 5.41) is 2.86. The number of rotatable bonds is 5. The van der Waals surface area contributed by atoms with Gasteiger partial charge in [0.1, 0.15) is 16.5 Å². The van der Waals surface area contributed by atoms with Crippen molar-refractivity contribution in [2.24, 2.45) is 0 Å². The summed E-state index contributed by atoms with van der Waals surface area (Å²) in [6.07, 6.45) is 0. The van der Waals surface area contributed by atoms with Gasteiger partial charge in [0.2, 0.25) is 0 Å². The molecule has 1 heterocycles. The average Bonchev–Trinajstić information content (AvgIpc) is 2.76. The summed E-state index contributed by atoms with van der Waals surface area (Å²) in [6.45, 7) is 0.387. The number of furan rings is 1. The van der Waals surface area contributed by atoms with Gasteiger partial charge in [0.05, 0.1) is 12.2 Å². The molecule has 0 fully saturated rings. The molecule has 0 aliphatic carbocycles. The molecule has 0 saturated carbocycles. The van der Waals surface area contributed by atoms with E-state index in [0.717, 1.165) is 6.07 Å². The third-order valence-corrected chi connectivity index (χ3v) is 5.43. The van der Waals surface area contributed by atoms with E-state index in [1.54, 1.807) is 7.05 Å². The lowest BCUT2D eigenvalue weighted by Crippen LogP contribution is -2.13. The van der Waals surface area contributed by atoms with Gasteiger partial charge in [-0.1, -0.05) is 0 Å². The molecule has 2 aromatic rings. The van der Waals surface area contributed by atoms with Crippen LogP contribution in [0.4, 0.5) is 10.1 Å². The maximum Gasteiger partial charge on any atom is 0.266 e. The summed E-state index contributed by atoms with van der Waals surface area (Å²) < 4.78 is 46.0. The molecule has 21 heavy (non-hydrogen) atoms. The zero-order chi connectivity index (χ0) is 15.6. The zero-order valence-corrected chi connectivity index (χ0v) is 14.8. The maximum atomic E-state index is 13.2. The lowest BCUT2D eigenvalue weighted by Gasteiger charge is -2.08. The molecule has 0 spiro atoms. The number of anilines is 1. The Morgan fingerprint density at radius 1 is 1.29 bits per heavy atom. The number of halogens is 3. The fraction of sp³-hybridized carbons (Fsp3) is 0.167. The average molecular weight is 442 g/mol. The van der Waals surface area contributed by atoms with Gasteiger partial charge in [-0.05, 0) is 57.1 Å². The molecular weight excluding hydrogens is 431 g/mol. The largest absolute Gasteiger partial charge is 0.451 e. The molecule has 0 aliphatic heterocycles. The molecule has 2 N–H and O–H groups in total. The third kappa shape index (κ3) is 3.85. The van der Waals surface area contributed by atoms with E-state index in [2.05, 4.69) is 41.9 Å². The van der Waals surface area contributed by atoms with Crippen molar-refractivity contribution < 1.29 is 17.2 Å². The molecule has 0 bridgehead atoms. The normalized spacial score (nSPS) is 11.6. The van der Waals surface area contributed by atoms with Gasteiger partial charge in [-0.2, -0.15) is 0 Å². The van der Waals surface area contributed by atoms with Gasteiger partial charge in [-0.15, -0.1) is 0 Å². The van der Waals surface area contributed by atoms with E-state index in [0.29, 0.717) is 16.8 Å². The second kappa shape index (κ2) is 6.47. The van der Waals surface area contributed by atoms with Crippen LogP contribution in [0.5, 0.6) is 0 Å². The smallest absolute Gasteiger partial charge is 0.266 e. The van der Waals surface area contributed by atoms with Gasteiger partial charge in [0.25, 0.3) is 10.0 Å². The fourth-order valence-electron chi connectivity index (χ4n) is 1.62. The fourth-order valence-corrected chi connectivity index (χ4v) is 4.16. The van der Waals surface area contributed by atoms with E-state index in [1.165, 1.54) is 18.2 Å². The minimum absolute atomic E-state index is 0.0519. The Kier molecular flexibility index (Phi) is 5.07. The summed E-state index contributed by atoms with van der Waals surface area (Å²) in [7, 11) is -2.18. The van der Waals surface area contributed by atoms with Crippen LogP contribution >= 0.6 is 31.9 Å². The standard InChI is InChI=1S/C12H11Br2FN2O3S/c1-16-6-8-5-11(12(14)20-8)21(18,19)17-10-4-7(15)2-3-9(10)13/h2-5,16-17H,6H2,1H3. The van der Waals surface area contributed by atoms with Crippen molar-refractivity contribution in [1.82, 2.24) is 5.32 Å². The first-order valence-electron chi connectivity index (χ1n) is 5.74. The Labute approximate surface area is 138 Å². The van der Waals surface area contributed by atoms with E-state index in [4.69, 9.17) is 4.42 Å². The molecular formula is C12H11Br2FN2O3S. The first kappa shape index (κ1) is 16.5. The van der Waals surface area contributed by atoms with E-state index in [-0.39, 0.29) is 15.3 Å². The van der Waals surface area contributed by atoms with Crippen LogP contribution < -0.4 is 10.0 Å². The Morgan fingerprint density at radius 3 is 2.67 bits per heavy atom. The molecule has 1 aromatic carbocycles. The highest BCUT2D eigenvalue weighted by molar-refractivity contribution is 9.10. The van der Waals surface area contributed by atoms with Crippen molar-refractivity contribution in [3.8, 4) is 0 Å². The molecule has 0 aliphatic rings. The van der Waals surface area contributed by atoms with Crippen LogP contribution in [-0.2, 0) is 16.6 Å². The maximum absolute atomic E-state index is 13.2. The number of benzene rings is 1. The SMILES string of the molecule is CNCc1cc(S(=O)(=O)Nc2cc(F)ccc2Br)c(Br)o1. The van der Waals surface area contributed by atoms with E-state index in [9.17, 15) is 12.8 Å².